The number of ether oxygens (including phenoxy) is 3. The highest BCUT2D eigenvalue weighted by Gasteiger charge is 2.29. The van der Waals surface area contributed by atoms with Crippen LogP contribution in [0, 0.1) is 18.8 Å². The first-order valence-electron chi connectivity index (χ1n) is 11.8. The van der Waals surface area contributed by atoms with E-state index >= 15 is 0 Å². The molecule has 0 bridgehead atoms. The van der Waals surface area contributed by atoms with E-state index in [1.165, 1.54) is 32.8 Å². The molecule has 33 heavy (non-hydrogen) atoms. The summed E-state index contributed by atoms with van der Waals surface area (Å²) < 4.78 is 17.6. The number of Topliss-reactive ketones (excluding diaryl/α,β-unsaturated/α-hetero) is 1. The lowest BCUT2D eigenvalue weighted by molar-refractivity contribution is 0.0455. The Balaban J connectivity index is 1.78. The second kappa shape index (κ2) is 9.82. The van der Waals surface area contributed by atoms with Gasteiger partial charge in [-0.2, -0.15) is 0 Å². The van der Waals surface area contributed by atoms with Crippen molar-refractivity contribution in [3.05, 3.63) is 58.2 Å². The number of methoxy groups -OCH3 is 1. The van der Waals surface area contributed by atoms with Gasteiger partial charge in [0.05, 0.1) is 12.7 Å². The number of esters is 1. The molecule has 2 aromatic carbocycles. The van der Waals surface area contributed by atoms with Gasteiger partial charge in [-0.15, -0.1) is 0 Å². The van der Waals surface area contributed by atoms with Crippen molar-refractivity contribution in [2.75, 3.05) is 7.11 Å². The standard InChI is InChI=1S/C28H32O5/c1-17(2)13-23(29)22-11-12-24-25(27(22)31-4)28(30)32-16-21-15-18(3)14-20(26(21)33-24)10-9-19-7-5-6-8-19/h9-12,14-15,17,19H,5-8,13,16H2,1-4H3/b10-9+. The third-order valence-electron chi connectivity index (χ3n) is 6.28. The van der Waals surface area contributed by atoms with E-state index < -0.39 is 5.97 Å². The van der Waals surface area contributed by atoms with E-state index in [2.05, 4.69) is 18.2 Å². The van der Waals surface area contributed by atoms with Crippen LogP contribution in [0.2, 0.25) is 0 Å². The van der Waals surface area contributed by atoms with Crippen LogP contribution in [0.5, 0.6) is 17.2 Å². The van der Waals surface area contributed by atoms with Crippen molar-refractivity contribution >= 4 is 17.8 Å². The number of cyclic esters (lactones) is 1. The number of benzene rings is 2. The predicted octanol–water partition coefficient (Wildman–Crippen LogP) is 6.90. The number of carbonyl (C=O) groups is 2. The first kappa shape index (κ1) is 23.1. The molecule has 0 saturated heterocycles. The van der Waals surface area contributed by atoms with Gasteiger partial charge < -0.3 is 14.2 Å². The minimum Gasteiger partial charge on any atom is -0.495 e. The van der Waals surface area contributed by atoms with Crippen molar-refractivity contribution in [1.29, 1.82) is 0 Å². The minimum absolute atomic E-state index is 0.0734. The fraction of sp³-hybridized carbons (Fsp3) is 0.429. The summed E-state index contributed by atoms with van der Waals surface area (Å²) in [6, 6.07) is 7.43. The van der Waals surface area contributed by atoms with E-state index in [-0.39, 0.29) is 29.6 Å². The fourth-order valence-corrected chi connectivity index (χ4v) is 4.70. The van der Waals surface area contributed by atoms with E-state index in [1.54, 1.807) is 12.1 Å². The van der Waals surface area contributed by atoms with Crippen LogP contribution < -0.4 is 9.47 Å². The second-order valence-corrected chi connectivity index (χ2v) is 9.46. The summed E-state index contributed by atoms with van der Waals surface area (Å²) >= 11 is 0. The Morgan fingerprint density at radius 2 is 1.97 bits per heavy atom. The average molecular weight is 449 g/mol. The molecule has 0 N–H and O–H groups in total. The predicted molar refractivity (Wildman–Crippen MR) is 128 cm³/mol. The molecule has 2 aromatic rings. The lowest BCUT2D eigenvalue weighted by Crippen LogP contribution is -2.15. The summed E-state index contributed by atoms with van der Waals surface area (Å²) in [5.74, 6) is 1.37. The smallest absolute Gasteiger partial charge is 0.346 e. The number of aryl methyl sites for hydroxylation is 1. The first-order chi connectivity index (χ1) is 15.9. The first-order valence-corrected chi connectivity index (χ1v) is 11.8. The lowest BCUT2D eigenvalue weighted by Gasteiger charge is -2.22. The molecule has 0 spiro atoms. The maximum Gasteiger partial charge on any atom is 0.346 e. The third-order valence-corrected chi connectivity index (χ3v) is 6.28. The molecular weight excluding hydrogens is 416 g/mol. The maximum absolute atomic E-state index is 13.0. The van der Waals surface area contributed by atoms with Gasteiger partial charge in [0.15, 0.2) is 5.78 Å². The molecule has 0 amide bonds. The fourth-order valence-electron chi connectivity index (χ4n) is 4.70. The summed E-state index contributed by atoms with van der Waals surface area (Å²) in [5.41, 5.74) is 3.38. The molecule has 1 aliphatic carbocycles. The van der Waals surface area contributed by atoms with Gasteiger partial charge >= 0.3 is 5.97 Å². The number of carbonyl (C=O) groups excluding carboxylic acids is 2. The quantitative estimate of drug-likeness (QED) is 0.355. The molecule has 2 aliphatic rings. The largest absolute Gasteiger partial charge is 0.495 e. The van der Waals surface area contributed by atoms with Crippen LogP contribution in [0.15, 0.2) is 30.3 Å². The van der Waals surface area contributed by atoms with Gasteiger partial charge in [-0.05, 0) is 61.4 Å². The topological polar surface area (TPSA) is 61.8 Å². The molecule has 0 unspecified atom stereocenters. The number of fused-ring (bicyclic) bond motifs is 2. The summed E-state index contributed by atoms with van der Waals surface area (Å²) in [5, 5.41) is 0. The summed E-state index contributed by atoms with van der Waals surface area (Å²) in [6.07, 6.45) is 9.75. The Bertz CT molecular complexity index is 1090. The zero-order valence-electron chi connectivity index (χ0n) is 19.9. The van der Waals surface area contributed by atoms with Crippen LogP contribution in [-0.2, 0) is 11.3 Å². The number of hydrogen-bond donors (Lipinski definition) is 0. The van der Waals surface area contributed by atoms with Crippen LogP contribution in [0.4, 0.5) is 0 Å². The molecule has 0 radical (unpaired) electrons. The van der Waals surface area contributed by atoms with Crippen molar-refractivity contribution < 1.29 is 23.8 Å². The normalized spacial score (nSPS) is 16.1. The van der Waals surface area contributed by atoms with E-state index in [9.17, 15) is 9.59 Å². The number of allylic oxidation sites excluding steroid dienone is 1. The van der Waals surface area contributed by atoms with Crippen LogP contribution in [0.3, 0.4) is 0 Å². The summed E-state index contributed by atoms with van der Waals surface area (Å²) in [7, 11) is 1.46. The molecule has 0 aromatic heterocycles. The molecular formula is C28H32O5. The van der Waals surface area contributed by atoms with E-state index in [1.807, 2.05) is 26.8 Å². The average Bonchev–Trinajstić information content (AvgIpc) is 3.29. The van der Waals surface area contributed by atoms with E-state index in [0.29, 0.717) is 29.4 Å². The van der Waals surface area contributed by atoms with Crippen molar-refractivity contribution in [1.82, 2.24) is 0 Å². The Hall–Kier alpha value is -3.08. The molecule has 1 fully saturated rings. The van der Waals surface area contributed by atoms with Crippen molar-refractivity contribution in [2.45, 2.75) is 59.5 Å². The Kier molecular flexibility index (Phi) is 6.87. The number of hydrogen-bond acceptors (Lipinski definition) is 5. The minimum atomic E-state index is -0.559. The zero-order chi connectivity index (χ0) is 23.5. The number of rotatable bonds is 6. The van der Waals surface area contributed by atoms with Gasteiger partial charge in [-0.1, -0.05) is 38.8 Å². The molecule has 5 heteroatoms. The van der Waals surface area contributed by atoms with E-state index in [4.69, 9.17) is 14.2 Å². The van der Waals surface area contributed by atoms with Gasteiger partial charge in [0.1, 0.15) is 29.4 Å². The Morgan fingerprint density at radius 1 is 1.21 bits per heavy atom. The summed E-state index contributed by atoms with van der Waals surface area (Å²) in [6.45, 7) is 6.08. The third kappa shape index (κ3) is 4.97. The zero-order valence-corrected chi connectivity index (χ0v) is 19.9. The lowest BCUT2D eigenvalue weighted by atomic mass is 9.97. The van der Waals surface area contributed by atoms with Gasteiger partial charge in [-0.3, -0.25) is 4.79 Å². The molecule has 1 saturated carbocycles. The highest BCUT2D eigenvalue weighted by Crippen LogP contribution is 2.41. The van der Waals surface area contributed by atoms with Crippen molar-refractivity contribution in [3.63, 3.8) is 0 Å². The molecule has 174 valence electrons. The molecule has 1 aliphatic heterocycles. The Morgan fingerprint density at radius 3 is 2.67 bits per heavy atom. The molecule has 1 heterocycles. The van der Waals surface area contributed by atoms with Crippen molar-refractivity contribution in [3.8, 4) is 17.2 Å². The van der Waals surface area contributed by atoms with E-state index in [0.717, 1.165) is 16.7 Å². The molecule has 0 atom stereocenters. The van der Waals surface area contributed by atoms with Gasteiger partial charge in [0.25, 0.3) is 0 Å². The molecule has 4 rings (SSSR count). The van der Waals surface area contributed by atoms with Crippen LogP contribution >= 0.6 is 0 Å². The van der Waals surface area contributed by atoms with Crippen LogP contribution in [-0.4, -0.2) is 18.9 Å². The summed E-state index contributed by atoms with van der Waals surface area (Å²) in [4.78, 5) is 25.8. The maximum atomic E-state index is 13.0. The SMILES string of the molecule is COc1c(C(=O)CC(C)C)ccc2c1C(=O)OCc1cc(C)cc(/C=C/C3CCCC3)c1O2. The molecule has 5 nitrogen and oxygen atoms in total. The van der Waals surface area contributed by atoms with Crippen LogP contribution in [0.25, 0.3) is 6.08 Å². The highest BCUT2D eigenvalue weighted by molar-refractivity contribution is 6.05. The number of ketones is 1. The van der Waals surface area contributed by atoms with Crippen molar-refractivity contribution in [2.24, 2.45) is 11.8 Å². The van der Waals surface area contributed by atoms with Gasteiger partial charge in [0, 0.05) is 17.5 Å². The van der Waals surface area contributed by atoms with Gasteiger partial charge in [0.2, 0.25) is 0 Å². The highest BCUT2D eigenvalue weighted by atomic mass is 16.5. The van der Waals surface area contributed by atoms with Crippen LogP contribution in [0.1, 0.15) is 83.4 Å². The monoisotopic (exact) mass is 448 g/mol. The van der Waals surface area contributed by atoms with Gasteiger partial charge in [-0.25, -0.2) is 4.79 Å². The Labute approximate surface area is 195 Å². The second-order valence-electron chi connectivity index (χ2n) is 9.46.